The largest absolute Gasteiger partial charge is 0.496 e. The summed E-state index contributed by atoms with van der Waals surface area (Å²) in [5.74, 6) is 1.94. The molecule has 2 atom stereocenters. The fourth-order valence-corrected chi connectivity index (χ4v) is 2.44. The number of hydrogen-bond acceptors (Lipinski definition) is 3. The van der Waals surface area contributed by atoms with Crippen LogP contribution >= 0.6 is 11.6 Å². The zero-order valence-electron chi connectivity index (χ0n) is 11.5. The van der Waals surface area contributed by atoms with Crippen LogP contribution in [0.15, 0.2) is 12.1 Å². The van der Waals surface area contributed by atoms with Crippen LogP contribution in [0.5, 0.6) is 11.5 Å². The Labute approximate surface area is 114 Å². The van der Waals surface area contributed by atoms with E-state index in [4.69, 9.17) is 26.8 Å². The Bertz CT molecular complexity index is 394. The van der Waals surface area contributed by atoms with Gasteiger partial charge in [-0.1, -0.05) is 18.5 Å². The molecule has 0 amide bonds. The third-order valence-corrected chi connectivity index (χ3v) is 3.19. The van der Waals surface area contributed by atoms with Crippen molar-refractivity contribution in [2.75, 3.05) is 14.2 Å². The van der Waals surface area contributed by atoms with E-state index in [0.717, 1.165) is 24.2 Å². The monoisotopic (exact) mass is 271 g/mol. The van der Waals surface area contributed by atoms with E-state index in [2.05, 4.69) is 6.92 Å². The molecule has 1 aromatic rings. The van der Waals surface area contributed by atoms with Crippen LogP contribution in [0.4, 0.5) is 0 Å². The van der Waals surface area contributed by atoms with Crippen LogP contribution < -0.4 is 15.2 Å². The molecule has 2 N–H and O–H groups in total. The van der Waals surface area contributed by atoms with Gasteiger partial charge in [-0.25, -0.2) is 0 Å². The molecule has 0 fully saturated rings. The first kappa shape index (κ1) is 15.1. The number of halogens is 1. The van der Waals surface area contributed by atoms with Crippen molar-refractivity contribution in [1.29, 1.82) is 0 Å². The number of rotatable bonds is 6. The third-order valence-electron chi connectivity index (χ3n) is 2.90. The van der Waals surface area contributed by atoms with E-state index in [-0.39, 0.29) is 6.04 Å². The Balaban J connectivity index is 2.90. The summed E-state index contributed by atoms with van der Waals surface area (Å²) < 4.78 is 10.6. The summed E-state index contributed by atoms with van der Waals surface area (Å²) in [4.78, 5) is 0. The summed E-state index contributed by atoms with van der Waals surface area (Å²) >= 11 is 6.14. The predicted octanol–water partition coefficient (Wildman–Crippen LogP) is 3.27. The molecule has 0 saturated heterocycles. The van der Waals surface area contributed by atoms with Crippen molar-refractivity contribution < 1.29 is 9.47 Å². The molecular weight excluding hydrogens is 250 g/mol. The molecule has 0 saturated carbocycles. The zero-order chi connectivity index (χ0) is 13.7. The van der Waals surface area contributed by atoms with Crippen molar-refractivity contribution in [2.24, 2.45) is 11.7 Å². The molecule has 3 nitrogen and oxygen atoms in total. The predicted molar refractivity (Wildman–Crippen MR) is 75.7 cm³/mol. The maximum atomic E-state index is 6.14. The van der Waals surface area contributed by atoms with Gasteiger partial charge in [0.15, 0.2) is 0 Å². The van der Waals surface area contributed by atoms with Crippen molar-refractivity contribution >= 4 is 11.6 Å². The summed E-state index contributed by atoms with van der Waals surface area (Å²) in [6.07, 6.45) is 1.88. The van der Waals surface area contributed by atoms with Crippen molar-refractivity contribution in [3.05, 3.63) is 22.7 Å². The summed E-state index contributed by atoms with van der Waals surface area (Å²) in [6, 6.07) is 3.95. The average Bonchev–Trinajstić information content (AvgIpc) is 2.28. The van der Waals surface area contributed by atoms with Crippen LogP contribution in [-0.2, 0) is 6.42 Å². The van der Waals surface area contributed by atoms with Gasteiger partial charge in [-0.2, -0.15) is 0 Å². The van der Waals surface area contributed by atoms with Crippen LogP contribution in [0.3, 0.4) is 0 Å². The van der Waals surface area contributed by atoms with Gasteiger partial charge in [0.1, 0.15) is 11.5 Å². The van der Waals surface area contributed by atoms with Gasteiger partial charge >= 0.3 is 0 Å². The van der Waals surface area contributed by atoms with Crippen molar-refractivity contribution in [3.8, 4) is 11.5 Å². The quantitative estimate of drug-likeness (QED) is 0.864. The normalized spacial score (nSPS) is 14.1. The highest BCUT2D eigenvalue weighted by Crippen LogP contribution is 2.34. The number of ether oxygens (including phenoxy) is 2. The van der Waals surface area contributed by atoms with Crippen molar-refractivity contribution in [1.82, 2.24) is 0 Å². The molecule has 0 spiro atoms. The van der Waals surface area contributed by atoms with Crippen LogP contribution in [-0.4, -0.2) is 20.3 Å². The van der Waals surface area contributed by atoms with Gasteiger partial charge in [0.05, 0.1) is 19.2 Å². The summed E-state index contributed by atoms with van der Waals surface area (Å²) in [6.45, 7) is 4.20. The molecule has 2 unspecified atom stereocenters. The van der Waals surface area contributed by atoms with Gasteiger partial charge < -0.3 is 15.2 Å². The number of benzene rings is 1. The van der Waals surface area contributed by atoms with E-state index >= 15 is 0 Å². The lowest BCUT2D eigenvalue weighted by atomic mass is 9.94. The standard InChI is InChI=1S/C14H22ClNO2/c1-9(5-10(2)16)6-11-7-12(15)14(18-4)8-13(11)17-3/h7-10H,5-6,16H2,1-4H3. The molecule has 102 valence electrons. The SMILES string of the molecule is COc1cc(OC)c(CC(C)CC(C)N)cc1Cl. The lowest BCUT2D eigenvalue weighted by Gasteiger charge is -2.17. The van der Waals surface area contributed by atoms with Gasteiger partial charge in [-0.15, -0.1) is 0 Å². The molecule has 0 heterocycles. The topological polar surface area (TPSA) is 44.5 Å². The molecule has 4 heteroatoms. The maximum absolute atomic E-state index is 6.14. The van der Waals surface area contributed by atoms with Gasteiger partial charge in [0, 0.05) is 12.1 Å². The van der Waals surface area contributed by atoms with E-state index in [0.29, 0.717) is 16.7 Å². The molecular formula is C14H22ClNO2. The molecule has 18 heavy (non-hydrogen) atoms. The van der Waals surface area contributed by atoms with Gasteiger partial charge in [0.25, 0.3) is 0 Å². The van der Waals surface area contributed by atoms with Crippen LogP contribution in [0.2, 0.25) is 5.02 Å². The summed E-state index contributed by atoms with van der Waals surface area (Å²) in [7, 11) is 3.25. The minimum absolute atomic E-state index is 0.208. The van der Waals surface area contributed by atoms with Gasteiger partial charge in [0.2, 0.25) is 0 Å². The molecule has 0 aromatic heterocycles. The molecule has 1 aromatic carbocycles. The van der Waals surface area contributed by atoms with Crippen LogP contribution in [0, 0.1) is 5.92 Å². The van der Waals surface area contributed by atoms with Gasteiger partial charge in [-0.05, 0) is 37.3 Å². The minimum Gasteiger partial charge on any atom is -0.496 e. The third kappa shape index (κ3) is 4.07. The van der Waals surface area contributed by atoms with E-state index in [9.17, 15) is 0 Å². The Kier molecular flexibility index (Phi) is 5.76. The Hall–Kier alpha value is -0.930. The molecule has 0 bridgehead atoms. The lowest BCUT2D eigenvalue weighted by Crippen LogP contribution is -2.19. The fourth-order valence-electron chi connectivity index (χ4n) is 2.18. The van der Waals surface area contributed by atoms with E-state index in [1.165, 1.54) is 0 Å². The molecule has 0 aliphatic carbocycles. The van der Waals surface area contributed by atoms with Crippen molar-refractivity contribution in [2.45, 2.75) is 32.7 Å². The number of hydrogen-bond donors (Lipinski definition) is 1. The van der Waals surface area contributed by atoms with Crippen molar-refractivity contribution in [3.63, 3.8) is 0 Å². The Morgan fingerprint density at radius 3 is 2.28 bits per heavy atom. The second-order valence-electron chi connectivity index (χ2n) is 4.82. The molecule has 0 aliphatic rings. The highest BCUT2D eigenvalue weighted by Gasteiger charge is 2.13. The first-order valence-corrected chi connectivity index (χ1v) is 6.51. The molecule has 1 rings (SSSR count). The minimum atomic E-state index is 0.208. The molecule has 0 aliphatic heterocycles. The highest BCUT2D eigenvalue weighted by molar-refractivity contribution is 6.32. The van der Waals surface area contributed by atoms with Crippen LogP contribution in [0.1, 0.15) is 25.8 Å². The zero-order valence-corrected chi connectivity index (χ0v) is 12.3. The fraction of sp³-hybridized carbons (Fsp3) is 0.571. The lowest BCUT2D eigenvalue weighted by molar-refractivity contribution is 0.386. The highest BCUT2D eigenvalue weighted by atomic mass is 35.5. The Morgan fingerprint density at radius 1 is 1.17 bits per heavy atom. The Morgan fingerprint density at radius 2 is 1.78 bits per heavy atom. The summed E-state index contributed by atoms with van der Waals surface area (Å²) in [5.41, 5.74) is 6.91. The van der Waals surface area contributed by atoms with E-state index in [1.54, 1.807) is 14.2 Å². The second-order valence-corrected chi connectivity index (χ2v) is 5.23. The first-order valence-electron chi connectivity index (χ1n) is 6.13. The number of nitrogens with two attached hydrogens (primary N) is 1. The van der Waals surface area contributed by atoms with E-state index in [1.807, 2.05) is 19.1 Å². The average molecular weight is 272 g/mol. The smallest absolute Gasteiger partial charge is 0.141 e. The van der Waals surface area contributed by atoms with Crippen LogP contribution in [0.25, 0.3) is 0 Å². The first-order chi connectivity index (χ1) is 8.47. The van der Waals surface area contributed by atoms with E-state index < -0.39 is 0 Å². The number of methoxy groups -OCH3 is 2. The summed E-state index contributed by atoms with van der Waals surface area (Å²) in [5, 5.41) is 0.612. The molecule has 0 radical (unpaired) electrons. The second kappa shape index (κ2) is 6.86. The van der Waals surface area contributed by atoms with Gasteiger partial charge in [-0.3, -0.25) is 0 Å². The maximum Gasteiger partial charge on any atom is 0.141 e.